The van der Waals surface area contributed by atoms with Crippen molar-refractivity contribution < 1.29 is 33.4 Å². The van der Waals surface area contributed by atoms with Crippen molar-refractivity contribution in [2.45, 2.75) is 52.4 Å². The predicted octanol–water partition coefficient (Wildman–Crippen LogP) is 4.88. The number of hydrogen-bond acceptors (Lipinski definition) is 7. The summed E-state index contributed by atoms with van der Waals surface area (Å²) in [6, 6.07) is 11.2. The number of nitrogens with zero attached hydrogens (tertiary/aromatic N) is 2. The number of piperazine rings is 1. The van der Waals surface area contributed by atoms with Crippen molar-refractivity contribution >= 4 is 29.6 Å². The van der Waals surface area contributed by atoms with Gasteiger partial charge in [-0.3, -0.25) is 14.4 Å². The summed E-state index contributed by atoms with van der Waals surface area (Å²) in [7, 11) is 0. The molecule has 1 aliphatic carbocycles. The molecule has 10 heteroatoms. The number of benzene rings is 2. The SMILES string of the molecule is CC(=O)Oc1cc(NC(=O)N2CCN(C(=O)c3cccc(OCCC4CCCCC4)c3)CC2)cc(OC(C)=O)c1. The van der Waals surface area contributed by atoms with E-state index >= 15 is 0 Å². The van der Waals surface area contributed by atoms with Crippen LogP contribution in [0.5, 0.6) is 17.2 Å². The van der Waals surface area contributed by atoms with Crippen molar-refractivity contribution in [3.8, 4) is 17.2 Å². The van der Waals surface area contributed by atoms with Gasteiger partial charge in [0.25, 0.3) is 5.91 Å². The molecule has 3 amide bonds. The van der Waals surface area contributed by atoms with Crippen LogP contribution >= 0.6 is 0 Å². The molecule has 0 unspecified atom stereocenters. The van der Waals surface area contributed by atoms with Gasteiger partial charge in [-0.1, -0.05) is 38.2 Å². The molecule has 0 atom stereocenters. The number of nitrogens with one attached hydrogen (secondary N) is 1. The maximum Gasteiger partial charge on any atom is 0.321 e. The Balaban J connectivity index is 1.29. The van der Waals surface area contributed by atoms with Crippen molar-refractivity contribution in [1.82, 2.24) is 9.80 Å². The minimum atomic E-state index is -0.547. The third-order valence-corrected chi connectivity index (χ3v) is 7.11. The predicted molar refractivity (Wildman–Crippen MR) is 149 cm³/mol. The molecule has 4 rings (SSSR count). The molecule has 0 aromatic heterocycles. The molecule has 2 fully saturated rings. The second-order valence-corrected chi connectivity index (χ2v) is 10.3. The van der Waals surface area contributed by atoms with Crippen LogP contribution in [0, 0.1) is 5.92 Å². The first kappa shape index (κ1) is 28.9. The topological polar surface area (TPSA) is 114 Å². The van der Waals surface area contributed by atoms with Crippen molar-refractivity contribution in [2.75, 3.05) is 38.1 Å². The Kier molecular flexibility index (Phi) is 9.99. The molecule has 10 nitrogen and oxygen atoms in total. The van der Waals surface area contributed by atoms with Crippen molar-refractivity contribution in [1.29, 1.82) is 0 Å². The number of esters is 2. The number of rotatable bonds is 8. The maximum atomic E-state index is 13.2. The largest absolute Gasteiger partial charge is 0.494 e. The molecular weight excluding hydrogens is 514 g/mol. The zero-order chi connectivity index (χ0) is 28.5. The molecule has 1 aliphatic heterocycles. The highest BCUT2D eigenvalue weighted by atomic mass is 16.5. The van der Waals surface area contributed by atoms with E-state index in [4.69, 9.17) is 14.2 Å². The van der Waals surface area contributed by atoms with Gasteiger partial charge in [-0.25, -0.2) is 4.79 Å². The minimum Gasteiger partial charge on any atom is -0.494 e. The molecule has 2 aromatic rings. The lowest BCUT2D eigenvalue weighted by Gasteiger charge is -2.34. The van der Waals surface area contributed by atoms with E-state index in [-0.39, 0.29) is 23.4 Å². The van der Waals surface area contributed by atoms with Gasteiger partial charge in [0.15, 0.2) is 0 Å². The first-order chi connectivity index (χ1) is 19.3. The van der Waals surface area contributed by atoms with E-state index in [0.29, 0.717) is 49.8 Å². The van der Waals surface area contributed by atoms with Crippen molar-refractivity contribution in [3.05, 3.63) is 48.0 Å². The van der Waals surface area contributed by atoms with Crippen molar-refractivity contribution in [2.24, 2.45) is 5.92 Å². The van der Waals surface area contributed by atoms with E-state index in [1.165, 1.54) is 64.2 Å². The Morgan fingerprint density at radius 1 is 0.800 bits per heavy atom. The summed E-state index contributed by atoms with van der Waals surface area (Å²) in [4.78, 5) is 52.2. The van der Waals surface area contributed by atoms with E-state index in [1.54, 1.807) is 21.9 Å². The smallest absolute Gasteiger partial charge is 0.321 e. The molecule has 2 aliphatic rings. The molecule has 0 spiro atoms. The van der Waals surface area contributed by atoms with E-state index < -0.39 is 11.9 Å². The van der Waals surface area contributed by atoms with Crippen LogP contribution in [0.2, 0.25) is 0 Å². The van der Waals surface area contributed by atoms with Gasteiger partial charge in [0.2, 0.25) is 0 Å². The Morgan fingerprint density at radius 2 is 1.43 bits per heavy atom. The second kappa shape index (κ2) is 13.8. The summed E-state index contributed by atoms with van der Waals surface area (Å²) in [5.74, 6) is 0.515. The van der Waals surface area contributed by atoms with Gasteiger partial charge in [0.05, 0.1) is 6.61 Å². The van der Waals surface area contributed by atoms with Crippen LogP contribution in [-0.4, -0.2) is 66.5 Å². The molecule has 1 heterocycles. The number of amides is 3. The van der Waals surface area contributed by atoms with Crippen LogP contribution in [-0.2, 0) is 9.59 Å². The standard InChI is InChI=1S/C30H37N3O7/c1-21(34)39-27-18-25(19-28(20-27)40-22(2)35)31-30(37)33-14-12-32(13-15-33)29(36)24-9-6-10-26(17-24)38-16-11-23-7-4-3-5-8-23/h6,9-10,17-20,23H,3-5,7-8,11-16H2,1-2H3,(H,31,37). The number of carbonyl (C=O) groups excluding carboxylic acids is 4. The fourth-order valence-electron chi connectivity index (χ4n) is 5.13. The fraction of sp³-hybridized carbons (Fsp3) is 0.467. The maximum absolute atomic E-state index is 13.2. The quantitative estimate of drug-likeness (QED) is 0.367. The molecule has 214 valence electrons. The van der Waals surface area contributed by atoms with Crippen LogP contribution in [0.15, 0.2) is 42.5 Å². The highest BCUT2D eigenvalue weighted by molar-refractivity contribution is 5.95. The first-order valence-electron chi connectivity index (χ1n) is 13.9. The number of ether oxygens (including phenoxy) is 3. The molecule has 0 bridgehead atoms. The summed E-state index contributed by atoms with van der Waals surface area (Å²) in [5.41, 5.74) is 0.868. The molecule has 1 N–H and O–H groups in total. The van der Waals surface area contributed by atoms with Crippen LogP contribution < -0.4 is 19.5 Å². The summed E-state index contributed by atoms with van der Waals surface area (Å²) < 4.78 is 16.2. The van der Waals surface area contributed by atoms with Gasteiger partial charge < -0.3 is 29.3 Å². The molecule has 40 heavy (non-hydrogen) atoms. The van der Waals surface area contributed by atoms with Gasteiger partial charge >= 0.3 is 18.0 Å². The van der Waals surface area contributed by atoms with E-state index in [2.05, 4.69) is 5.32 Å². The normalized spacial score (nSPS) is 15.8. The molecule has 2 aromatic carbocycles. The number of urea groups is 1. The third kappa shape index (κ3) is 8.46. The van der Waals surface area contributed by atoms with Gasteiger partial charge in [-0.2, -0.15) is 0 Å². The Hall–Kier alpha value is -4.08. The summed E-state index contributed by atoms with van der Waals surface area (Å²) in [6.07, 6.45) is 7.56. The summed E-state index contributed by atoms with van der Waals surface area (Å²) in [6.45, 7) is 4.60. The number of carbonyl (C=O) groups is 4. The Labute approximate surface area is 234 Å². The van der Waals surface area contributed by atoms with Crippen LogP contribution in [0.25, 0.3) is 0 Å². The number of anilines is 1. The number of hydrogen-bond donors (Lipinski definition) is 1. The van der Waals surface area contributed by atoms with Crippen molar-refractivity contribution in [3.63, 3.8) is 0 Å². The average Bonchev–Trinajstić information content (AvgIpc) is 2.92. The third-order valence-electron chi connectivity index (χ3n) is 7.11. The monoisotopic (exact) mass is 551 g/mol. The highest BCUT2D eigenvalue weighted by Crippen LogP contribution is 2.28. The lowest BCUT2D eigenvalue weighted by Crippen LogP contribution is -2.51. The van der Waals surface area contributed by atoms with Gasteiger partial charge in [-0.15, -0.1) is 0 Å². The Morgan fingerprint density at radius 3 is 2.05 bits per heavy atom. The molecule has 0 radical (unpaired) electrons. The summed E-state index contributed by atoms with van der Waals surface area (Å²) in [5, 5.41) is 2.75. The second-order valence-electron chi connectivity index (χ2n) is 10.3. The Bertz CT molecular complexity index is 1180. The van der Waals surface area contributed by atoms with Gasteiger partial charge in [0.1, 0.15) is 17.2 Å². The first-order valence-corrected chi connectivity index (χ1v) is 13.9. The zero-order valence-corrected chi connectivity index (χ0v) is 23.1. The van der Waals surface area contributed by atoms with E-state index in [9.17, 15) is 19.2 Å². The van der Waals surface area contributed by atoms with E-state index in [0.717, 1.165) is 12.3 Å². The lowest BCUT2D eigenvalue weighted by atomic mass is 9.87. The van der Waals surface area contributed by atoms with Crippen LogP contribution in [0.3, 0.4) is 0 Å². The molecule has 1 saturated heterocycles. The highest BCUT2D eigenvalue weighted by Gasteiger charge is 2.25. The van der Waals surface area contributed by atoms with Crippen LogP contribution in [0.1, 0.15) is 62.7 Å². The minimum absolute atomic E-state index is 0.0992. The average molecular weight is 552 g/mol. The van der Waals surface area contributed by atoms with Crippen LogP contribution in [0.4, 0.5) is 10.5 Å². The lowest BCUT2D eigenvalue weighted by molar-refractivity contribution is -0.132. The fourth-order valence-corrected chi connectivity index (χ4v) is 5.13. The van der Waals surface area contributed by atoms with E-state index in [1.807, 2.05) is 12.1 Å². The van der Waals surface area contributed by atoms with Gasteiger partial charge in [-0.05, 0) is 30.5 Å². The molecular formula is C30H37N3O7. The van der Waals surface area contributed by atoms with Gasteiger partial charge in [0, 0.05) is 69.5 Å². The molecule has 1 saturated carbocycles. The zero-order valence-electron chi connectivity index (χ0n) is 23.1. The summed E-state index contributed by atoms with van der Waals surface area (Å²) >= 11 is 0.